The molecule has 4 aromatic carbocycles. The van der Waals surface area contributed by atoms with Crippen LogP contribution >= 0.6 is 27.5 Å². The third-order valence-electron chi connectivity index (χ3n) is 5.51. The molecule has 32 heavy (non-hydrogen) atoms. The van der Waals surface area contributed by atoms with Crippen LogP contribution in [0.1, 0.15) is 33.0 Å². The van der Waals surface area contributed by atoms with Gasteiger partial charge >= 0.3 is 0 Å². The van der Waals surface area contributed by atoms with Crippen LogP contribution in [0.25, 0.3) is 6.08 Å². The fourth-order valence-electron chi connectivity index (χ4n) is 4.12. The first-order valence-electron chi connectivity index (χ1n) is 10.2. The van der Waals surface area contributed by atoms with E-state index >= 15 is 0 Å². The third-order valence-corrected chi connectivity index (χ3v) is 6.26. The Morgan fingerprint density at radius 2 is 1.59 bits per heavy atom. The van der Waals surface area contributed by atoms with E-state index in [2.05, 4.69) is 28.1 Å². The number of allylic oxidation sites excluding steroid dienone is 1. The maximum Gasteiger partial charge on any atom is 0.194 e. The summed E-state index contributed by atoms with van der Waals surface area (Å²) in [6.07, 6.45) is 1.98. The van der Waals surface area contributed by atoms with Gasteiger partial charge < -0.3 is 4.74 Å². The number of carbonyl (C=O) groups is 1. The molecule has 0 saturated heterocycles. The van der Waals surface area contributed by atoms with Crippen molar-refractivity contribution in [3.8, 4) is 11.5 Å². The van der Waals surface area contributed by atoms with Crippen LogP contribution in [0.3, 0.4) is 0 Å². The fraction of sp³-hybridized carbons (Fsp3) is 0.0357. The second-order valence-electron chi connectivity index (χ2n) is 7.60. The SMILES string of the molecule is O=C1C(=Cc2cccc(Br)c2)C(c2ccccc2)c2cccc(Oc3ccc(Cl)cc3)c21. The van der Waals surface area contributed by atoms with Crippen LogP contribution in [0.5, 0.6) is 11.5 Å². The Kier molecular flexibility index (Phi) is 5.69. The zero-order valence-corrected chi connectivity index (χ0v) is 19.3. The smallest absolute Gasteiger partial charge is 0.194 e. The second-order valence-corrected chi connectivity index (χ2v) is 8.96. The highest BCUT2D eigenvalue weighted by Gasteiger charge is 2.38. The molecule has 0 saturated carbocycles. The first-order valence-corrected chi connectivity index (χ1v) is 11.4. The topological polar surface area (TPSA) is 26.3 Å². The molecule has 5 rings (SSSR count). The Bertz CT molecular complexity index is 1330. The van der Waals surface area contributed by atoms with E-state index in [1.807, 2.05) is 66.7 Å². The number of carbonyl (C=O) groups excluding carboxylic acids is 1. The Morgan fingerprint density at radius 3 is 2.34 bits per heavy atom. The van der Waals surface area contributed by atoms with E-state index in [1.54, 1.807) is 24.3 Å². The molecular weight excluding hydrogens is 484 g/mol. The predicted octanol–water partition coefficient (Wildman–Crippen LogP) is 8.31. The molecule has 156 valence electrons. The lowest BCUT2D eigenvalue weighted by Crippen LogP contribution is -2.02. The van der Waals surface area contributed by atoms with Crippen LogP contribution in [0, 0.1) is 0 Å². The van der Waals surface area contributed by atoms with Crippen LogP contribution in [0.4, 0.5) is 0 Å². The lowest BCUT2D eigenvalue weighted by atomic mass is 9.89. The molecule has 0 heterocycles. The molecule has 1 aliphatic rings. The van der Waals surface area contributed by atoms with Gasteiger partial charge in [0.1, 0.15) is 11.5 Å². The molecule has 1 atom stereocenters. The highest BCUT2D eigenvalue weighted by atomic mass is 79.9. The maximum atomic E-state index is 13.8. The summed E-state index contributed by atoms with van der Waals surface area (Å²) in [6, 6.07) is 31.0. The van der Waals surface area contributed by atoms with E-state index in [0.717, 1.165) is 26.7 Å². The minimum Gasteiger partial charge on any atom is -0.457 e. The van der Waals surface area contributed by atoms with Gasteiger partial charge in [0.05, 0.1) is 5.56 Å². The Morgan fingerprint density at radius 1 is 0.844 bits per heavy atom. The number of fused-ring (bicyclic) bond motifs is 1. The third kappa shape index (κ3) is 4.02. The van der Waals surface area contributed by atoms with Gasteiger partial charge in [-0.2, -0.15) is 0 Å². The largest absolute Gasteiger partial charge is 0.457 e. The summed E-state index contributed by atoms with van der Waals surface area (Å²) >= 11 is 9.53. The van der Waals surface area contributed by atoms with Crippen molar-refractivity contribution in [1.29, 1.82) is 0 Å². The molecule has 0 amide bonds. The van der Waals surface area contributed by atoms with Gasteiger partial charge in [0.25, 0.3) is 0 Å². The predicted molar refractivity (Wildman–Crippen MR) is 133 cm³/mol. The van der Waals surface area contributed by atoms with Crippen LogP contribution in [-0.2, 0) is 0 Å². The summed E-state index contributed by atoms with van der Waals surface area (Å²) in [5, 5.41) is 0.634. The first-order chi connectivity index (χ1) is 15.6. The van der Waals surface area contributed by atoms with Gasteiger partial charge in [0.15, 0.2) is 5.78 Å². The van der Waals surface area contributed by atoms with Crippen molar-refractivity contribution < 1.29 is 9.53 Å². The minimum absolute atomic E-state index is 0.0154. The summed E-state index contributed by atoms with van der Waals surface area (Å²) in [6.45, 7) is 0. The van der Waals surface area contributed by atoms with Gasteiger partial charge in [-0.3, -0.25) is 4.79 Å². The molecule has 0 aliphatic heterocycles. The molecule has 0 radical (unpaired) electrons. The zero-order chi connectivity index (χ0) is 22.1. The number of ether oxygens (including phenoxy) is 1. The van der Waals surface area contributed by atoms with E-state index in [9.17, 15) is 4.79 Å². The number of rotatable bonds is 4. The van der Waals surface area contributed by atoms with Crippen molar-refractivity contribution in [1.82, 2.24) is 0 Å². The van der Waals surface area contributed by atoms with E-state index in [1.165, 1.54) is 0 Å². The average Bonchev–Trinajstić information content (AvgIpc) is 3.08. The maximum absolute atomic E-state index is 13.8. The van der Waals surface area contributed by atoms with E-state index < -0.39 is 0 Å². The molecule has 1 unspecified atom stereocenters. The summed E-state index contributed by atoms with van der Waals surface area (Å²) < 4.78 is 7.10. The minimum atomic E-state index is -0.161. The van der Waals surface area contributed by atoms with Gasteiger partial charge in [-0.1, -0.05) is 82.1 Å². The number of ketones is 1. The van der Waals surface area contributed by atoms with Crippen molar-refractivity contribution in [2.24, 2.45) is 0 Å². The number of benzene rings is 4. The molecule has 0 N–H and O–H groups in total. The van der Waals surface area contributed by atoms with E-state index in [0.29, 0.717) is 22.1 Å². The lowest BCUT2D eigenvalue weighted by Gasteiger charge is -2.14. The van der Waals surface area contributed by atoms with Crippen molar-refractivity contribution in [3.63, 3.8) is 0 Å². The Labute approximate surface area is 200 Å². The molecule has 0 aromatic heterocycles. The molecule has 0 bridgehead atoms. The van der Waals surface area contributed by atoms with Gasteiger partial charge in [0, 0.05) is 21.0 Å². The van der Waals surface area contributed by atoms with Crippen molar-refractivity contribution in [3.05, 3.63) is 134 Å². The molecule has 4 heteroatoms. The monoisotopic (exact) mass is 500 g/mol. The summed E-state index contributed by atoms with van der Waals surface area (Å²) in [4.78, 5) is 13.8. The second kappa shape index (κ2) is 8.78. The van der Waals surface area contributed by atoms with Crippen LogP contribution in [0.15, 0.2) is 107 Å². The van der Waals surface area contributed by atoms with Crippen LogP contribution in [-0.4, -0.2) is 5.78 Å². The Balaban J connectivity index is 1.65. The molecule has 2 nitrogen and oxygen atoms in total. The molecule has 0 fully saturated rings. The zero-order valence-electron chi connectivity index (χ0n) is 17.0. The number of hydrogen-bond donors (Lipinski definition) is 0. The van der Waals surface area contributed by atoms with Crippen molar-refractivity contribution in [2.45, 2.75) is 5.92 Å². The summed E-state index contributed by atoms with van der Waals surface area (Å²) in [5.74, 6) is 1.01. The average molecular weight is 502 g/mol. The Hall–Kier alpha value is -3.14. The van der Waals surface area contributed by atoms with E-state index in [-0.39, 0.29) is 11.7 Å². The van der Waals surface area contributed by atoms with Gasteiger partial charge in [-0.15, -0.1) is 0 Å². The van der Waals surface area contributed by atoms with Crippen molar-refractivity contribution >= 4 is 39.4 Å². The molecule has 4 aromatic rings. The first kappa shape index (κ1) is 20.7. The number of hydrogen-bond acceptors (Lipinski definition) is 2. The molecular formula is C28H18BrClO2. The highest BCUT2D eigenvalue weighted by Crippen LogP contribution is 2.47. The summed E-state index contributed by atoms with van der Waals surface area (Å²) in [5.41, 5.74) is 4.34. The van der Waals surface area contributed by atoms with Crippen LogP contribution < -0.4 is 4.74 Å². The quantitative estimate of drug-likeness (QED) is 0.263. The highest BCUT2D eigenvalue weighted by molar-refractivity contribution is 9.10. The molecule has 0 spiro atoms. The standard InChI is InChI=1S/C28H18BrClO2/c29-20-9-4-6-18(16-20)17-24-26(19-7-2-1-3-8-19)23-10-5-11-25(27(23)28(24)31)32-22-14-12-21(30)13-15-22/h1-17,26H. The van der Waals surface area contributed by atoms with Crippen LogP contribution in [0.2, 0.25) is 5.02 Å². The van der Waals surface area contributed by atoms with E-state index in [4.69, 9.17) is 16.3 Å². The van der Waals surface area contributed by atoms with Gasteiger partial charge in [-0.05, 0) is 65.2 Å². The lowest BCUT2D eigenvalue weighted by molar-refractivity contribution is 0.103. The van der Waals surface area contributed by atoms with Gasteiger partial charge in [0.2, 0.25) is 0 Å². The summed E-state index contributed by atoms with van der Waals surface area (Å²) in [7, 11) is 0. The van der Waals surface area contributed by atoms with Gasteiger partial charge in [-0.25, -0.2) is 0 Å². The molecule has 1 aliphatic carbocycles. The number of halogens is 2. The fourth-order valence-corrected chi connectivity index (χ4v) is 4.66. The number of Topliss-reactive ketones (excluding diaryl/α,β-unsaturated/α-hetero) is 1. The normalized spacial score (nSPS) is 16.2. The van der Waals surface area contributed by atoms with Crippen molar-refractivity contribution in [2.75, 3.05) is 0 Å².